The van der Waals surface area contributed by atoms with Gasteiger partial charge < -0.3 is 16.0 Å². The van der Waals surface area contributed by atoms with Crippen molar-refractivity contribution in [3.63, 3.8) is 0 Å². The molecule has 0 radical (unpaired) electrons. The number of anilines is 1. The highest BCUT2D eigenvalue weighted by Gasteiger charge is 2.18. The van der Waals surface area contributed by atoms with E-state index in [1.54, 1.807) is 12.3 Å². The van der Waals surface area contributed by atoms with E-state index in [4.69, 9.17) is 5.73 Å². The summed E-state index contributed by atoms with van der Waals surface area (Å²) in [5.74, 6) is -0.142. The van der Waals surface area contributed by atoms with Gasteiger partial charge >= 0.3 is 0 Å². The van der Waals surface area contributed by atoms with Crippen LogP contribution in [0.4, 0.5) is 5.69 Å². The summed E-state index contributed by atoms with van der Waals surface area (Å²) >= 11 is 1.28. The summed E-state index contributed by atoms with van der Waals surface area (Å²) in [6.07, 6.45) is 2.47. The Kier molecular flexibility index (Phi) is 4.51. The van der Waals surface area contributed by atoms with Gasteiger partial charge in [-0.3, -0.25) is 4.79 Å². The fourth-order valence-electron chi connectivity index (χ4n) is 1.86. The Morgan fingerprint density at radius 3 is 2.95 bits per heavy atom. The zero-order valence-corrected chi connectivity index (χ0v) is 12.7. The quantitative estimate of drug-likeness (QED) is 0.869. The second kappa shape index (κ2) is 6.15. The summed E-state index contributed by atoms with van der Waals surface area (Å²) in [5, 5.41) is 11.5. The second-order valence-electron chi connectivity index (χ2n) is 5.06. The molecule has 0 fully saturated rings. The highest BCUT2D eigenvalue weighted by atomic mass is 32.1. The lowest BCUT2D eigenvalue weighted by Crippen LogP contribution is -2.34. The van der Waals surface area contributed by atoms with Crippen LogP contribution in [0.3, 0.4) is 0 Å². The third-order valence-electron chi connectivity index (χ3n) is 3.01. The molecular formula is C13H19N5OS. The predicted molar refractivity (Wildman–Crippen MR) is 81.9 cm³/mol. The maximum absolute atomic E-state index is 12.2. The van der Waals surface area contributed by atoms with Crippen LogP contribution in [0.2, 0.25) is 0 Å². The van der Waals surface area contributed by atoms with Gasteiger partial charge in [0.2, 0.25) is 0 Å². The Bertz CT molecular complexity index is 610. The molecule has 2 rings (SSSR count). The van der Waals surface area contributed by atoms with E-state index >= 15 is 0 Å². The zero-order valence-electron chi connectivity index (χ0n) is 11.9. The summed E-state index contributed by atoms with van der Waals surface area (Å²) in [6, 6.07) is 1.88. The van der Waals surface area contributed by atoms with Crippen LogP contribution in [0.25, 0.3) is 10.2 Å². The number of hydrogen-bond acceptors (Lipinski definition) is 6. The molecule has 0 saturated carbocycles. The van der Waals surface area contributed by atoms with Crippen LogP contribution in [0.5, 0.6) is 0 Å². The number of carbonyl (C=O) groups excluding carboxylic acids is 1. The third kappa shape index (κ3) is 3.23. The average molecular weight is 293 g/mol. The summed E-state index contributed by atoms with van der Waals surface area (Å²) in [5.41, 5.74) is 6.49. The normalized spacial score (nSPS) is 12.8. The monoisotopic (exact) mass is 293 g/mol. The van der Waals surface area contributed by atoms with Gasteiger partial charge in [0.1, 0.15) is 9.71 Å². The van der Waals surface area contributed by atoms with Crippen molar-refractivity contribution in [2.24, 2.45) is 0 Å². The molecule has 2 aromatic rings. The first-order valence-corrected chi connectivity index (χ1v) is 7.26. The highest BCUT2D eigenvalue weighted by molar-refractivity contribution is 7.21. The van der Waals surface area contributed by atoms with Crippen molar-refractivity contribution in [3.05, 3.63) is 17.1 Å². The molecule has 20 heavy (non-hydrogen) atoms. The Morgan fingerprint density at radius 1 is 1.55 bits per heavy atom. The molecular weight excluding hydrogens is 274 g/mol. The summed E-state index contributed by atoms with van der Waals surface area (Å²) in [7, 11) is 4.02. The van der Waals surface area contributed by atoms with E-state index in [9.17, 15) is 4.79 Å². The van der Waals surface area contributed by atoms with E-state index in [1.165, 1.54) is 11.3 Å². The number of nitrogens with two attached hydrogens (primary N) is 1. The first-order chi connectivity index (χ1) is 9.49. The number of amides is 1. The molecule has 0 saturated heterocycles. The van der Waals surface area contributed by atoms with Gasteiger partial charge in [0.05, 0.1) is 11.9 Å². The van der Waals surface area contributed by atoms with Gasteiger partial charge in [0.25, 0.3) is 5.91 Å². The predicted octanol–water partition coefficient (Wildman–Crippen LogP) is 1.34. The molecule has 2 aromatic heterocycles. The number of thiophene rings is 1. The molecule has 0 aliphatic carbocycles. The second-order valence-corrected chi connectivity index (χ2v) is 6.06. The van der Waals surface area contributed by atoms with Gasteiger partial charge in [-0.1, -0.05) is 0 Å². The molecule has 0 bridgehead atoms. The van der Waals surface area contributed by atoms with Crippen LogP contribution in [-0.4, -0.2) is 47.7 Å². The van der Waals surface area contributed by atoms with Crippen molar-refractivity contribution in [3.8, 4) is 0 Å². The highest BCUT2D eigenvalue weighted by Crippen LogP contribution is 2.31. The maximum Gasteiger partial charge on any atom is 0.263 e. The minimum absolute atomic E-state index is 0.0978. The van der Waals surface area contributed by atoms with E-state index < -0.39 is 0 Å². The Hall–Kier alpha value is -1.73. The Labute approximate surface area is 122 Å². The molecule has 0 spiro atoms. The third-order valence-corrected chi connectivity index (χ3v) is 4.12. The van der Waals surface area contributed by atoms with Crippen molar-refractivity contribution in [2.75, 3.05) is 26.4 Å². The minimum atomic E-state index is -0.142. The summed E-state index contributed by atoms with van der Waals surface area (Å²) in [6.45, 7) is 2.92. The number of nitrogens with zero attached hydrogens (tertiary/aromatic N) is 3. The smallest absolute Gasteiger partial charge is 0.263 e. The van der Waals surface area contributed by atoms with Crippen molar-refractivity contribution < 1.29 is 4.79 Å². The van der Waals surface area contributed by atoms with E-state index in [-0.39, 0.29) is 11.9 Å². The van der Waals surface area contributed by atoms with Gasteiger partial charge in [-0.15, -0.1) is 16.4 Å². The molecule has 1 amide bonds. The molecule has 0 aliphatic rings. The molecule has 0 aliphatic heterocycles. The van der Waals surface area contributed by atoms with Crippen molar-refractivity contribution in [1.29, 1.82) is 0 Å². The number of rotatable bonds is 5. The summed E-state index contributed by atoms with van der Waals surface area (Å²) in [4.78, 5) is 15.5. The van der Waals surface area contributed by atoms with Gasteiger partial charge in [-0.2, -0.15) is 5.10 Å². The van der Waals surface area contributed by atoms with Crippen molar-refractivity contribution in [1.82, 2.24) is 20.4 Å². The van der Waals surface area contributed by atoms with Crippen LogP contribution in [-0.2, 0) is 0 Å². The van der Waals surface area contributed by atoms with E-state index in [2.05, 4.69) is 20.4 Å². The number of hydrogen-bond donors (Lipinski definition) is 2. The van der Waals surface area contributed by atoms with Crippen LogP contribution >= 0.6 is 11.3 Å². The largest absolute Gasteiger partial charge is 0.397 e. The van der Waals surface area contributed by atoms with Gasteiger partial charge in [0, 0.05) is 11.4 Å². The standard InChI is InChI=1S/C13H19N5OS/c1-8(5-7-18(2)3)16-12(19)11-10(14)9-4-6-15-17-13(9)20-11/h4,6,8H,5,7,14H2,1-3H3,(H,16,19). The molecule has 3 N–H and O–H groups in total. The fourth-order valence-corrected chi connectivity index (χ4v) is 2.80. The topological polar surface area (TPSA) is 84.1 Å². The zero-order chi connectivity index (χ0) is 14.7. The van der Waals surface area contributed by atoms with Gasteiger partial charge in [-0.05, 0) is 40.1 Å². The number of nitrogens with one attached hydrogen (secondary N) is 1. The molecule has 6 nitrogen and oxygen atoms in total. The van der Waals surface area contributed by atoms with Crippen LogP contribution in [0, 0.1) is 0 Å². The summed E-state index contributed by atoms with van der Waals surface area (Å²) < 4.78 is 0. The molecule has 1 atom stereocenters. The van der Waals surface area contributed by atoms with Crippen LogP contribution in [0.1, 0.15) is 23.0 Å². The number of fused-ring (bicyclic) bond motifs is 1. The molecule has 108 valence electrons. The van der Waals surface area contributed by atoms with E-state index in [0.29, 0.717) is 15.4 Å². The lowest BCUT2D eigenvalue weighted by molar-refractivity contribution is 0.0942. The van der Waals surface area contributed by atoms with Crippen molar-refractivity contribution in [2.45, 2.75) is 19.4 Å². The fraction of sp³-hybridized carbons (Fsp3) is 0.462. The Balaban J connectivity index is 2.09. The molecule has 2 heterocycles. The molecule has 1 unspecified atom stereocenters. The lowest BCUT2D eigenvalue weighted by Gasteiger charge is -2.16. The SMILES string of the molecule is CC(CCN(C)C)NC(=O)c1sc2nnccc2c1N. The van der Waals surface area contributed by atoms with Gasteiger partial charge in [0.15, 0.2) is 0 Å². The van der Waals surface area contributed by atoms with E-state index in [0.717, 1.165) is 18.4 Å². The maximum atomic E-state index is 12.2. The van der Waals surface area contributed by atoms with Crippen molar-refractivity contribution >= 4 is 33.1 Å². The van der Waals surface area contributed by atoms with E-state index in [1.807, 2.05) is 21.0 Å². The average Bonchev–Trinajstić information content (AvgIpc) is 2.74. The molecule has 0 aromatic carbocycles. The van der Waals surface area contributed by atoms with Gasteiger partial charge in [-0.25, -0.2) is 0 Å². The number of carbonyl (C=O) groups is 1. The number of nitrogen functional groups attached to an aromatic ring is 1. The van der Waals surface area contributed by atoms with Crippen LogP contribution in [0.15, 0.2) is 12.3 Å². The molecule has 7 heteroatoms. The lowest BCUT2D eigenvalue weighted by atomic mass is 10.2. The Morgan fingerprint density at radius 2 is 2.30 bits per heavy atom. The minimum Gasteiger partial charge on any atom is -0.397 e. The number of aromatic nitrogens is 2. The first-order valence-electron chi connectivity index (χ1n) is 6.44. The first kappa shape index (κ1) is 14.7. The van der Waals surface area contributed by atoms with Crippen LogP contribution < -0.4 is 11.1 Å².